The Morgan fingerprint density at radius 2 is 2.10 bits per heavy atom. The molecule has 9 nitrogen and oxygen atoms in total. The van der Waals surface area contributed by atoms with Crippen molar-refractivity contribution < 1.29 is 14.3 Å². The van der Waals surface area contributed by atoms with E-state index in [9.17, 15) is 9.59 Å². The number of aryl methyl sites for hydroxylation is 1. The van der Waals surface area contributed by atoms with Crippen LogP contribution in [0.1, 0.15) is 34.9 Å². The molecule has 0 bridgehead atoms. The second-order valence-electron chi connectivity index (χ2n) is 6.82. The lowest BCUT2D eigenvalue weighted by Gasteiger charge is -2.32. The van der Waals surface area contributed by atoms with Crippen molar-refractivity contribution >= 4 is 11.8 Å². The minimum atomic E-state index is -0.619. The molecule has 1 aliphatic rings. The van der Waals surface area contributed by atoms with Crippen LogP contribution in [0.25, 0.3) is 5.82 Å². The Hall–Kier alpha value is -3.59. The van der Waals surface area contributed by atoms with E-state index >= 15 is 0 Å². The number of nitrogens with one attached hydrogen (secondary N) is 1. The molecule has 4 rings (SSSR count). The predicted octanol–water partition coefficient (Wildman–Crippen LogP) is 0.927. The minimum absolute atomic E-state index is 0.104. The number of morpholine rings is 1. The first-order chi connectivity index (χ1) is 14.0. The predicted molar refractivity (Wildman–Crippen MR) is 103 cm³/mol. The first kappa shape index (κ1) is 18.8. The Kier molecular flexibility index (Phi) is 5.05. The molecule has 1 saturated heterocycles. The Morgan fingerprint density at radius 3 is 2.83 bits per heavy atom. The van der Waals surface area contributed by atoms with Crippen molar-refractivity contribution in [2.24, 2.45) is 5.73 Å². The fraction of sp³-hybridized carbons (Fsp3) is 0.250. The average Bonchev–Trinajstić information content (AvgIpc) is 3.11. The van der Waals surface area contributed by atoms with E-state index in [4.69, 9.17) is 10.5 Å². The van der Waals surface area contributed by atoms with E-state index in [1.165, 1.54) is 0 Å². The molecule has 3 N–H and O–H groups in total. The van der Waals surface area contributed by atoms with Crippen molar-refractivity contribution in [1.82, 2.24) is 25.1 Å². The maximum Gasteiger partial charge on any atom is 0.246 e. The van der Waals surface area contributed by atoms with Gasteiger partial charge in [-0.3, -0.25) is 9.59 Å². The topological polar surface area (TPSA) is 125 Å². The standard InChI is InChI=1S/C20H20N6O3/c1-12-7-8-22-16(9-12)26-20(23-15(25-26)10-14(21)27)19-18(24-17(28)11-29-19)13-5-3-2-4-6-13/h2-9,18-19H,10-11H2,1H3,(H2,21,27)(H,24,28)/t18-,19+/m1/s1. The lowest BCUT2D eigenvalue weighted by atomic mass is 9.99. The van der Waals surface area contributed by atoms with Crippen LogP contribution < -0.4 is 11.1 Å². The fourth-order valence-electron chi connectivity index (χ4n) is 3.28. The zero-order valence-electron chi connectivity index (χ0n) is 15.8. The van der Waals surface area contributed by atoms with Crippen LogP contribution in [0.15, 0.2) is 48.7 Å². The van der Waals surface area contributed by atoms with Gasteiger partial charge in [-0.15, -0.1) is 5.10 Å². The van der Waals surface area contributed by atoms with E-state index in [2.05, 4.69) is 20.4 Å². The third-order valence-electron chi connectivity index (χ3n) is 4.55. The van der Waals surface area contributed by atoms with Crippen LogP contribution >= 0.6 is 0 Å². The highest BCUT2D eigenvalue weighted by Crippen LogP contribution is 2.34. The SMILES string of the molecule is Cc1ccnc(-n2nc(CC(N)=O)nc2[C@H]2OCC(=O)N[C@@H]2c2ccccc2)c1. The number of ether oxygens (including phenoxy) is 1. The number of nitrogens with two attached hydrogens (primary N) is 1. The van der Waals surface area contributed by atoms with Gasteiger partial charge in [0.15, 0.2) is 17.5 Å². The van der Waals surface area contributed by atoms with Gasteiger partial charge < -0.3 is 15.8 Å². The normalized spacial score (nSPS) is 19.0. The number of hydrogen-bond acceptors (Lipinski definition) is 6. The molecule has 0 radical (unpaired) electrons. The van der Waals surface area contributed by atoms with Crippen LogP contribution in [-0.4, -0.2) is 38.2 Å². The van der Waals surface area contributed by atoms with Crippen LogP contribution in [0.2, 0.25) is 0 Å². The van der Waals surface area contributed by atoms with E-state index in [0.29, 0.717) is 11.6 Å². The molecule has 0 spiro atoms. The molecule has 0 aliphatic carbocycles. The Balaban J connectivity index is 1.81. The molecule has 3 aromatic rings. The van der Waals surface area contributed by atoms with Crippen molar-refractivity contribution in [2.45, 2.75) is 25.5 Å². The second kappa shape index (κ2) is 7.80. The Bertz CT molecular complexity index is 1050. The summed E-state index contributed by atoms with van der Waals surface area (Å²) < 4.78 is 7.42. The smallest absolute Gasteiger partial charge is 0.246 e. The highest BCUT2D eigenvalue weighted by Gasteiger charge is 2.36. The molecule has 9 heteroatoms. The third kappa shape index (κ3) is 3.99. The number of aromatic nitrogens is 4. The van der Waals surface area contributed by atoms with Crippen LogP contribution in [0, 0.1) is 6.92 Å². The summed E-state index contributed by atoms with van der Waals surface area (Å²) in [4.78, 5) is 32.3. The molecule has 1 aromatic carbocycles. The number of nitrogens with zero attached hydrogens (tertiary/aromatic N) is 4. The molecular weight excluding hydrogens is 372 g/mol. The van der Waals surface area contributed by atoms with Crippen LogP contribution in [-0.2, 0) is 20.7 Å². The lowest BCUT2D eigenvalue weighted by molar-refractivity contribution is -0.138. The highest BCUT2D eigenvalue weighted by atomic mass is 16.5. The number of benzene rings is 1. The molecule has 2 aromatic heterocycles. The van der Waals surface area contributed by atoms with Crippen LogP contribution in [0.3, 0.4) is 0 Å². The van der Waals surface area contributed by atoms with Crippen molar-refractivity contribution in [3.05, 3.63) is 71.4 Å². The summed E-state index contributed by atoms with van der Waals surface area (Å²) in [5.74, 6) is 0.488. The van der Waals surface area contributed by atoms with E-state index in [0.717, 1.165) is 11.1 Å². The van der Waals surface area contributed by atoms with E-state index in [1.807, 2.05) is 49.4 Å². The number of primary amides is 1. The molecule has 2 atom stereocenters. The van der Waals surface area contributed by atoms with Crippen molar-refractivity contribution in [3.8, 4) is 5.82 Å². The van der Waals surface area contributed by atoms with Gasteiger partial charge in [0.1, 0.15) is 12.7 Å². The zero-order valence-corrected chi connectivity index (χ0v) is 15.8. The molecule has 0 saturated carbocycles. The summed E-state index contributed by atoms with van der Waals surface area (Å²) in [5, 5.41) is 7.40. The van der Waals surface area contributed by atoms with Gasteiger partial charge in [-0.05, 0) is 30.2 Å². The average molecular weight is 392 g/mol. The van der Waals surface area contributed by atoms with Gasteiger partial charge in [-0.25, -0.2) is 9.97 Å². The third-order valence-corrected chi connectivity index (χ3v) is 4.55. The molecule has 29 heavy (non-hydrogen) atoms. The second-order valence-corrected chi connectivity index (χ2v) is 6.82. The summed E-state index contributed by atoms with van der Waals surface area (Å²) in [6.07, 6.45) is 0.940. The number of carbonyl (C=O) groups is 2. The minimum Gasteiger partial charge on any atom is -0.369 e. The summed E-state index contributed by atoms with van der Waals surface area (Å²) in [5.41, 5.74) is 7.19. The Morgan fingerprint density at radius 1 is 1.31 bits per heavy atom. The van der Waals surface area contributed by atoms with Gasteiger partial charge in [-0.1, -0.05) is 30.3 Å². The molecule has 3 heterocycles. The molecule has 2 amide bonds. The summed E-state index contributed by atoms with van der Waals surface area (Å²) in [6.45, 7) is 1.84. The van der Waals surface area contributed by atoms with Crippen molar-refractivity contribution in [1.29, 1.82) is 0 Å². The van der Waals surface area contributed by atoms with Gasteiger partial charge in [0.05, 0.1) is 12.5 Å². The number of carbonyl (C=O) groups excluding carboxylic acids is 2. The van der Waals surface area contributed by atoms with Crippen molar-refractivity contribution in [3.63, 3.8) is 0 Å². The molecule has 0 unspecified atom stereocenters. The number of rotatable bonds is 5. The molecule has 1 fully saturated rings. The molecular formula is C20H20N6O3. The van der Waals surface area contributed by atoms with Gasteiger partial charge in [-0.2, -0.15) is 4.68 Å². The van der Waals surface area contributed by atoms with Crippen LogP contribution in [0.5, 0.6) is 0 Å². The van der Waals surface area contributed by atoms with Gasteiger partial charge in [0.25, 0.3) is 0 Å². The monoisotopic (exact) mass is 392 g/mol. The largest absolute Gasteiger partial charge is 0.369 e. The van der Waals surface area contributed by atoms with Crippen LogP contribution in [0.4, 0.5) is 0 Å². The first-order valence-corrected chi connectivity index (χ1v) is 9.14. The van der Waals surface area contributed by atoms with Gasteiger partial charge >= 0.3 is 0 Å². The molecule has 1 aliphatic heterocycles. The van der Waals surface area contributed by atoms with E-state index in [1.54, 1.807) is 10.9 Å². The summed E-state index contributed by atoms with van der Waals surface area (Å²) >= 11 is 0. The number of hydrogen-bond donors (Lipinski definition) is 2. The van der Waals surface area contributed by atoms with Gasteiger partial charge in [0, 0.05) is 6.20 Å². The highest BCUT2D eigenvalue weighted by molar-refractivity contribution is 5.78. The van der Waals surface area contributed by atoms with Crippen molar-refractivity contribution in [2.75, 3.05) is 6.61 Å². The molecule has 148 valence electrons. The summed E-state index contributed by atoms with van der Waals surface area (Å²) in [7, 11) is 0. The maximum absolute atomic E-state index is 12.0. The first-order valence-electron chi connectivity index (χ1n) is 9.14. The quantitative estimate of drug-likeness (QED) is 0.665. The summed E-state index contributed by atoms with van der Waals surface area (Å²) in [6, 6.07) is 12.7. The van der Waals surface area contributed by atoms with E-state index < -0.39 is 18.1 Å². The Labute approximate surface area is 166 Å². The van der Waals surface area contributed by atoms with Gasteiger partial charge in [0.2, 0.25) is 11.8 Å². The number of pyridine rings is 1. The van der Waals surface area contributed by atoms with E-state index in [-0.39, 0.29) is 24.8 Å². The zero-order chi connectivity index (χ0) is 20.4. The lowest BCUT2D eigenvalue weighted by Crippen LogP contribution is -2.42. The number of amides is 2. The fourth-order valence-corrected chi connectivity index (χ4v) is 3.28. The maximum atomic E-state index is 12.0.